The van der Waals surface area contributed by atoms with Crippen LogP contribution in [0.4, 0.5) is 0 Å². The zero-order valence-corrected chi connectivity index (χ0v) is 28.8. The van der Waals surface area contributed by atoms with Gasteiger partial charge in [0.25, 0.3) is 0 Å². The molecule has 0 atom stereocenters. The summed E-state index contributed by atoms with van der Waals surface area (Å²) < 4.78 is 51.4. The second-order valence-corrected chi connectivity index (χ2v) is 16.5. The van der Waals surface area contributed by atoms with Crippen LogP contribution in [0.2, 0.25) is 18.1 Å². The predicted molar refractivity (Wildman–Crippen MR) is 167 cm³/mol. The molecule has 0 fully saturated rings. The van der Waals surface area contributed by atoms with Gasteiger partial charge in [-0.1, -0.05) is 56.2 Å². The van der Waals surface area contributed by atoms with Crippen molar-refractivity contribution in [3.8, 4) is 0 Å². The summed E-state index contributed by atoms with van der Waals surface area (Å²) in [5.74, 6) is 0. The van der Waals surface area contributed by atoms with Gasteiger partial charge in [0.2, 0.25) is 0 Å². The Morgan fingerprint density at radius 3 is 1.00 bits per heavy atom. The molecule has 236 valence electrons. The molecular formula is C28H59IO9Si. The fourth-order valence-corrected chi connectivity index (χ4v) is 4.43. The van der Waals surface area contributed by atoms with E-state index in [1.165, 1.54) is 23.7 Å². The summed E-state index contributed by atoms with van der Waals surface area (Å²) in [6.07, 6.45) is 5.00. The molecule has 0 heterocycles. The van der Waals surface area contributed by atoms with E-state index in [9.17, 15) is 0 Å². The van der Waals surface area contributed by atoms with Crippen LogP contribution in [-0.2, 0) is 42.3 Å². The first-order valence-corrected chi connectivity index (χ1v) is 19.1. The lowest BCUT2D eigenvalue weighted by molar-refractivity contribution is -0.0237. The zero-order chi connectivity index (χ0) is 28.9. The molecule has 0 aliphatic heterocycles. The minimum atomic E-state index is -1.69. The summed E-state index contributed by atoms with van der Waals surface area (Å²) in [5, 5.41) is 0.226. The fraction of sp³-hybridized carbons (Fsp3) is 1.00. The van der Waals surface area contributed by atoms with Crippen molar-refractivity contribution in [1.29, 1.82) is 0 Å². The van der Waals surface area contributed by atoms with E-state index in [0.717, 1.165) is 13.0 Å². The maximum atomic E-state index is 6.08. The number of ether oxygens (including phenoxy) is 8. The van der Waals surface area contributed by atoms with Gasteiger partial charge in [0.05, 0.1) is 106 Å². The zero-order valence-electron chi connectivity index (χ0n) is 25.6. The van der Waals surface area contributed by atoms with Crippen LogP contribution in [0.1, 0.15) is 46.5 Å². The quantitative estimate of drug-likeness (QED) is 0.0425. The van der Waals surface area contributed by atoms with Gasteiger partial charge in [-0.25, -0.2) is 0 Å². The lowest BCUT2D eigenvalue weighted by Gasteiger charge is -2.36. The van der Waals surface area contributed by atoms with Gasteiger partial charge in [0.1, 0.15) is 0 Å². The number of rotatable bonds is 31. The number of hydrogen-bond acceptors (Lipinski definition) is 9. The molecule has 0 N–H and O–H groups in total. The Labute approximate surface area is 253 Å². The lowest BCUT2D eigenvalue weighted by Crippen LogP contribution is -2.41. The Morgan fingerprint density at radius 1 is 0.410 bits per heavy atom. The van der Waals surface area contributed by atoms with Gasteiger partial charge in [-0.3, -0.25) is 0 Å². The van der Waals surface area contributed by atoms with Gasteiger partial charge < -0.3 is 42.3 Å². The summed E-state index contributed by atoms with van der Waals surface area (Å²) in [6, 6.07) is 0. The third-order valence-electron chi connectivity index (χ3n) is 6.27. The maximum Gasteiger partial charge on any atom is 0.192 e. The highest BCUT2D eigenvalue weighted by Gasteiger charge is 2.36. The molecule has 0 amide bonds. The predicted octanol–water partition coefficient (Wildman–Crippen LogP) is 5.14. The highest BCUT2D eigenvalue weighted by Crippen LogP contribution is 2.36. The SMILES string of the molecule is CC(C)(C)[Si](C)(C)OCCOCCOCCOCCOCCOCCOCCOCCOCCCCCCI. The third-order valence-corrected chi connectivity index (χ3v) is 11.6. The van der Waals surface area contributed by atoms with E-state index in [0.29, 0.717) is 106 Å². The van der Waals surface area contributed by atoms with Crippen LogP contribution in [-0.4, -0.2) is 125 Å². The molecule has 0 aromatic carbocycles. The highest BCUT2D eigenvalue weighted by molar-refractivity contribution is 14.1. The maximum absolute atomic E-state index is 6.08. The van der Waals surface area contributed by atoms with Crippen molar-refractivity contribution in [1.82, 2.24) is 0 Å². The van der Waals surface area contributed by atoms with Crippen LogP contribution >= 0.6 is 22.6 Å². The largest absolute Gasteiger partial charge is 0.414 e. The molecule has 0 aromatic rings. The van der Waals surface area contributed by atoms with Crippen LogP contribution in [0.5, 0.6) is 0 Å². The standard InChI is InChI=1S/C28H59IO9Si/c1-28(2,3)39(4,5)38-27-26-37-25-24-36-23-22-35-21-20-34-19-18-33-17-16-32-15-14-31-13-12-30-11-9-7-6-8-10-29/h6-27H2,1-5H3. The first-order valence-electron chi connectivity index (χ1n) is 14.6. The van der Waals surface area contributed by atoms with Gasteiger partial charge in [0, 0.05) is 6.61 Å². The molecule has 0 aromatic heterocycles. The average molecular weight is 695 g/mol. The van der Waals surface area contributed by atoms with Crippen molar-refractivity contribution >= 4 is 30.9 Å². The van der Waals surface area contributed by atoms with Crippen molar-refractivity contribution < 1.29 is 42.3 Å². The molecule has 0 saturated carbocycles. The van der Waals surface area contributed by atoms with Gasteiger partial charge in [-0.15, -0.1) is 0 Å². The Balaban J connectivity index is 3.13. The van der Waals surface area contributed by atoms with Crippen molar-refractivity contribution in [3.63, 3.8) is 0 Å². The molecule has 9 nitrogen and oxygen atoms in total. The summed E-state index contributed by atoms with van der Waals surface area (Å²) in [5.41, 5.74) is 0. The summed E-state index contributed by atoms with van der Waals surface area (Å²) in [4.78, 5) is 0. The first-order chi connectivity index (χ1) is 18.8. The van der Waals surface area contributed by atoms with E-state index < -0.39 is 8.32 Å². The normalized spacial score (nSPS) is 12.5. The van der Waals surface area contributed by atoms with Crippen LogP contribution in [0.15, 0.2) is 0 Å². The van der Waals surface area contributed by atoms with E-state index in [4.69, 9.17) is 42.3 Å². The molecule has 0 unspecified atom stereocenters. The number of hydrogen-bond donors (Lipinski definition) is 0. The first kappa shape index (κ1) is 39.6. The van der Waals surface area contributed by atoms with Crippen molar-refractivity contribution in [2.24, 2.45) is 0 Å². The molecule has 0 spiro atoms. The number of halogens is 1. The molecule has 0 saturated heterocycles. The van der Waals surface area contributed by atoms with Crippen LogP contribution in [0.25, 0.3) is 0 Å². The van der Waals surface area contributed by atoms with Gasteiger partial charge in [-0.05, 0) is 35.4 Å². The summed E-state index contributed by atoms with van der Waals surface area (Å²) in [7, 11) is -1.69. The summed E-state index contributed by atoms with van der Waals surface area (Å²) in [6.45, 7) is 21.2. The third kappa shape index (κ3) is 28.5. The van der Waals surface area contributed by atoms with E-state index in [1.54, 1.807) is 0 Å². The molecular weight excluding hydrogens is 635 g/mol. The fourth-order valence-electron chi connectivity index (χ4n) is 2.87. The smallest absolute Gasteiger partial charge is 0.192 e. The Kier molecular flexibility index (Phi) is 29.1. The van der Waals surface area contributed by atoms with Crippen molar-refractivity contribution in [3.05, 3.63) is 0 Å². The number of unbranched alkanes of at least 4 members (excludes halogenated alkanes) is 3. The molecule has 0 bridgehead atoms. The molecule has 0 radical (unpaired) electrons. The van der Waals surface area contributed by atoms with Crippen LogP contribution < -0.4 is 0 Å². The monoisotopic (exact) mass is 694 g/mol. The number of alkyl halides is 1. The average Bonchev–Trinajstić information content (AvgIpc) is 2.89. The molecule has 0 aliphatic carbocycles. The second kappa shape index (κ2) is 28.7. The molecule has 39 heavy (non-hydrogen) atoms. The van der Waals surface area contributed by atoms with E-state index in [1.807, 2.05) is 0 Å². The van der Waals surface area contributed by atoms with E-state index >= 15 is 0 Å². The highest BCUT2D eigenvalue weighted by atomic mass is 127. The van der Waals surface area contributed by atoms with Crippen molar-refractivity contribution in [2.45, 2.75) is 64.6 Å². The van der Waals surface area contributed by atoms with Crippen LogP contribution in [0, 0.1) is 0 Å². The van der Waals surface area contributed by atoms with E-state index in [-0.39, 0.29) is 5.04 Å². The molecule has 0 aliphatic rings. The Hall–Kier alpha value is 0.587. The second-order valence-electron chi connectivity index (χ2n) is 10.6. The lowest BCUT2D eigenvalue weighted by atomic mass is 10.2. The van der Waals surface area contributed by atoms with Crippen LogP contribution in [0.3, 0.4) is 0 Å². The molecule has 11 heteroatoms. The van der Waals surface area contributed by atoms with Gasteiger partial charge in [-0.2, -0.15) is 0 Å². The van der Waals surface area contributed by atoms with Gasteiger partial charge >= 0.3 is 0 Å². The Bertz CT molecular complexity index is 496. The minimum Gasteiger partial charge on any atom is -0.414 e. The topological polar surface area (TPSA) is 83.1 Å². The minimum absolute atomic E-state index is 0.226. The van der Waals surface area contributed by atoms with Crippen molar-refractivity contribution in [2.75, 3.05) is 117 Å². The summed E-state index contributed by atoms with van der Waals surface area (Å²) >= 11 is 2.42. The van der Waals surface area contributed by atoms with Gasteiger partial charge in [0.15, 0.2) is 8.32 Å². The van der Waals surface area contributed by atoms with E-state index in [2.05, 4.69) is 56.5 Å². The molecule has 0 rings (SSSR count). The Morgan fingerprint density at radius 2 is 0.692 bits per heavy atom.